The Kier molecular flexibility index (Phi) is 4.44. The van der Waals surface area contributed by atoms with E-state index in [2.05, 4.69) is 59.0 Å². The minimum atomic E-state index is -0.134. The van der Waals surface area contributed by atoms with Crippen molar-refractivity contribution in [3.63, 3.8) is 0 Å². The zero-order chi connectivity index (χ0) is 19.6. The second-order valence-corrected chi connectivity index (χ2v) is 11.6. The molecule has 1 amide bonds. The van der Waals surface area contributed by atoms with Crippen molar-refractivity contribution >= 4 is 5.91 Å². The predicted octanol–water partition coefficient (Wildman–Crippen LogP) is 6.04. The first kappa shape index (κ1) is 19.3. The molecule has 0 aromatic heterocycles. The lowest BCUT2D eigenvalue weighted by Crippen LogP contribution is -2.52. The van der Waals surface area contributed by atoms with Crippen LogP contribution in [0.2, 0.25) is 0 Å². The lowest BCUT2D eigenvalue weighted by atomic mass is 9.48. The van der Waals surface area contributed by atoms with Crippen LogP contribution in [0.25, 0.3) is 0 Å². The molecule has 6 atom stereocenters. The van der Waals surface area contributed by atoms with E-state index in [1.54, 1.807) is 11.1 Å². The molecular weight excluding hydrogens is 330 g/mol. The second-order valence-electron chi connectivity index (χ2n) is 11.6. The summed E-state index contributed by atoms with van der Waals surface area (Å²) in [7, 11) is 0. The van der Waals surface area contributed by atoms with Crippen LogP contribution in [0.3, 0.4) is 0 Å². The topological polar surface area (TPSA) is 29.1 Å². The molecule has 2 saturated carbocycles. The van der Waals surface area contributed by atoms with Crippen molar-refractivity contribution in [2.75, 3.05) is 0 Å². The Labute approximate surface area is 166 Å². The lowest BCUT2D eigenvalue weighted by Gasteiger charge is -2.57. The van der Waals surface area contributed by atoms with Crippen molar-refractivity contribution in [3.8, 4) is 0 Å². The summed E-state index contributed by atoms with van der Waals surface area (Å²) in [5.41, 5.74) is 3.60. The number of hydrogen-bond acceptors (Lipinski definition) is 1. The molecule has 2 fully saturated rings. The molecule has 0 heterocycles. The fraction of sp³-hybridized carbons (Fsp3) is 0.800. The van der Waals surface area contributed by atoms with Crippen molar-refractivity contribution < 1.29 is 4.79 Å². The molecule has 4 rings (SSSR count). The molecule has 0 aliphatic heterocycles. The van der Waals surface area contributed by atoms with E-state index in [0.29, 0.717) is 17.2 Å². The van der Waals surface area contributed by atoms with Gasteiger partial charge in [-0.25, -0.2) is 0 Å². The summed E-state index contributed by atoms with van der Waals surface area (Å²) in [5.74, 6) is 2.81. The molecular formula is C25H39NO. The maximum Gasteiger partial charge on any atom is 0.224 e. The highest BCUT2D eigenvalue weighted by atomic mass is 16.2. The maximum atomic E-state index is 13.1. The van der Waals surface area contributed by atoms with E-state index in [1.165, 1.54) is 38.5 Å². The summed E-state index contributed by atoms with van der Waals surface area (Å²) >= 11 is 0. The van der Waals surface area contributed by atoms with E-state index in [-0.39, 0.29) is 16.9 Å². The van der Waals surface area contributed by atoms with Crippen LogP contribution < -0.4 is 5.32 Å². The number of nitrogens with one attached hydrogen (secondary N) is 1. The molecule has 5 unspecified atom stereocenters. The van der Waals surface area contributed by atoms with Gasteiger partial charge in [0.25, 0.3) is 0 Å². The third-order valence-corrected chi connectivity index (χ3v) is 8.78. The van der Waals surface area contributed by atoms with Gasteiger partial charge in [-0.05, 0) is 107 Å². The minimum Gasteiger partial charge on any atom is -0.351 e. The first-order valence-corrected chi connectivity index (χ1v) is 11.2. The second kappa shape index (κ2) is 6.22. The van der Waals surface area contributed by atoms with Crippen LogP contribution >= 0.6 is 0 Å². The van der Waals surface area contributed by atoms with Gasteiger partial charge in [0.2, 0.25) is 5.91 Å². The largest absolute Gasteiger partial charge is 0.351 e. The number of rotatable bonds is 1. The van der Waals surface area contributed by atoms with Crippen molar-refractivity contribution in [1.29, 1.82) is 0 Å². The van der Waals surface area contributed by atoms with E-state index in [0.717, 1.165) is 18.3 Å². The van der Waals surface area contributed by atoms with Crippen LogP contribution in [0.1, 0.15) is 86.5 Å². The number of allylic oxidation sites excluding steroid dienone is 4. The van der Waals surface area contributed by atoms with Crippen molar-refractivity contribution in [3.05, 3.63) is 23.3 Å². The van der Waals surface area contributed by atoms with E-state index >= 15 is 0 Å². The van der Waals surface area contributed by atoms with Crippen molar-refractivity contribution in [1.82, 2.24) is 5.32 Å². The summed E-state index contributed by atoms with van der Waals surface area (Å²) in [5, 5.41) is 3.29. The molecule has 2 nitrogen and oxygen atoms in total. The number of fused-ring (bicyclic) bond motifs is 5. The van der Waals surface area contributed by atoms with Crippen LogP contribution in [0.4, 0.5) is 0 Å². The molecule has 150 valence electrons. The SMILES string of the molecule is CC1=CC2=CCC3C(CCC4(C)C3CC[C@@H]4C(=O)NC(C)(C)C)C2(C)CC1. The third-order valence-electron chi connectivity index (χ3n) is 8.78. The van der Waals surface area contributed by atoms with Gasteiger partial charge in [-0.2, -0.15) is 0 Å². The molecule has 0 radical (unpaired) electrons. The predicted molar refractivity (Wildman–Crippen MR) is 112 cm³/mol. The first-order chi connectivity index (χ1) is 12.5. The molecule has 0 aromatic carbocycles. The standard InChI is InChI=1S/C25H39NO/c1-16-11-13-24(5)17(15-16)7-8-18-19-9-10-21(22(27)26-23(2,3)4)25(19,6)14-12-20(18)24/h7,15,18-21H,8-14H2,1-6H3,(H,26,27)/t18?,19?,20?,21-,24?,25?/m1/s1. The molecule has 2 heteroatoms. The average molecular weight is 370 g/mol. The minimum absolute atomic E-state index is 0.134. The van der Waals surface area contributed by atoms with Gasteiger partial charge < -0.3 is 5.32 Å². The van der Waals surface area contributed by atoms with Gasteiger partial charge in [-0.3, -0.25) is 4.79 Å². The maximum absolute atomic E-state index is 13.1. The quantitative estimate of drug-likeness (QED) is 0.600. The zero-order valence-electron chi connectivity index (χ0n) is 18.3. The highest BCUT2D eigenvalue weighted by Crippen LogP contribution is 2.65. The Morgan fingerprint density at radius 1 is 1.11 bits per heavy atom. The Morgan fingerprint density at radius 3 is 2.56 bits per heavy atom. The van der Waals surface area contributed by atoms with Crippen LogP contribution in [-0.4, -0.2) is 11.4 Å². The Morgan fingerprint density at radius 2 is 1.85 bits per heavy atom. The van der Waals surface area contributed by atoms with E-state index in [4.69, 9.17) is 0 Å². The van der Waals surface area contributed by atoms with E-state index in [9.17, 15) is 4.79 Å². The van der Waals surface area contributed by atoms with Crippen LogP contribution in [0.5, 0.6) is 0 Å². The van der Waals surface area contributed by atoms with E-state index in [1.807, 2.05) is 0 Å². The molecule has 0 bridgehead atoms. The number of amides is 1. The van der Waals surface area contributed by atoms with E-state index < -0.39 is 0 Å². The Bertz CT molecular complexity index is 696. The van der Waals surface area contributed by atoms with Gasteiger partial charge in [-0.15, -0.1) is 0 Å². The lowest BCUT2D eigenvalue weighted by molar-refractivity contribution is -0.133. The number of carbonyl (C=O) groups is 1. The summed E-state index contributed by atoms with van der Waals surface area (Å²) in [4.78, 5) is 13.1. The van der Waals surface area contributed by atoms with Crippen LogP contribution in [-0.2, 0) is 4.79 Å². The third kappa shape index (κ3) is 3.02. The van der Waals surface area contributed by atoms with Gasteiger partial charge in [-0.1, -0.05) is 31.6 Å². The number of carbonyl (C=O) groups excluding carboxylic acids is 1. The van der Waals surface area contributed by atoms with Crippen LogP contribution in [0, 0.1) is 34.5 Å². The van der Waals surface area contributed by atoms with Gasteiger partial charge in [0.05, 0.1) is 0 Å². The fourth-order valence-corrected chi connectivity index (χ4v) is 7.35. The molecule has 1 N–H and O–H groups in total. The van der Waals surface area contributed by atoms with Crippen molar-refractivity contribution in [2.45, 2.75) is 92.0 Å². The highest BCUT2D eigenvalue weighted by Gasteiger charge is 2.59. The highest BCUT2D eigenvalue weighted by molar-refractivity contribution is 5.80. The zero-order valence-corrected chi connectivity index (χ0v) is 18.3. The Balaban J connectivity index is 1.60. The number of hydrogen-bond donors (Lipinski definition) is 1. The molecule has 0 aromatic rings. The first-order valence-electron chi connectivity index (χ1n) is 11.2. The Hall–Kier alpha value is -1.05. The fourth-order valence-electron chi connectivity index (χ4n) is 7.35. The summed E-state index contributed by atoms with van der Waals surface area (Å²) < 4.78 is 0. The smallest absolute Gasteiger partial charge is 0.224 e. The van der Waals surface area contributed by atoms with Gasteiger partial charge >= 0.3 is 0 Å². The van der Waals surface area contributed by atoms with Crippen LogP contribution in [0.15, 0.2) is 23.3 Å². The van der Waals surface area contributed by atoms with Gasteiger partial charge in [0.15, 0.2) is 0 Å². The molecule has 27 heavy (non-hydrogen) atoms. The monoisotopic (exact) mass is 369 g/mol. The summed E-state index contributed by atoms with van der Waals surface area (Å²) in [6.45, 7) is 13.6. The molecule has 0 spiro atoms. The summed E-state index contributed by atoms with van der Waals surface area (Å²) in [6.07, 6.45) is 13.7. The van der Waals surface area contributed by atoms with Crippen molar-refractivity contribution in [2.24, 2.45) is 34.5 Å². The summed E-state index contributed by atoms with van der Waals surface area (Å²) in [6, 6.07) is 0. The molecule has 0 saturated heterocycles. The average Bonchev–Trinajstić information content (AvgIpc) is 2.91. The normalized spacial score (nSPS) is 43.8. The molecule has 4 aliphatic carbocycles. The van der Waals surface area contributed by atoms with Gasteiger partial charge in [0.1, 0.15) is 0 Å². The van der Waals surface area contributed by atoms with Gasteiger partial charge in [0, 0.05) is 11.5 Å². The molecule has 4 aliphatic rings.